The fourth-order valence-corrected chi connectivity index (χ4v) is 1.49. The molecule has 9 heteroatoms. The number of halogens is 5. The molecule has 0 saturated carbocycles. The Morgan fingerprint density at radius 3 is 2.42 bits per heavy atom. The second-order valence-electron chi connectivity index (χ2n) is 3.44. The number of rotatable bonds is 4. The van der Waals surface area contributed by atoms with Crippen LogP contribution in [0, 0.1) is 0 Å². The van der Waals surface area contributed by atoms with Crippen LogP contribution in [0.5, 0.6) is 5.75 Å². The zero-order chi connectivity index (χ0) is 14.8. The summed E-state index contributed by atoms with van der Waals surface area (Å²) >= 11 is 0. The van der Waals surface area contributed by atoms with Gasteiger partial charge in [-0.1, -0.05) is 0 Å². The fraction of sp³-hybridized carbons (Fsp3) is 0.400. The lowest BCUT2D eigenvalue weighted by molar-refractivity contribution is -0.143. The number of methoxy groups -OCH3 is 1. The summed E-state index contributed by atoms with van der Waals surface area (Å²) in [6, 6.07) is 0. The molecule has 4 nitrogen and oxygen atoms in total. The normalized spacial score (nSPS) is 11.7. The molecule has 1 heterocycles. The van der Waals surface area contributed by atoms with E-state index >= 15 is 0 Å². The molecule has 0 aromatic carbocycles. The molecule has 1 aromatic heterocycles. The highest BCUT2D eigenvalue weighted by molar-refractivity contribution is 5.72. The molecule has 19 heavy (non-hydrogen) atoms. The van der Waals surface area contributed by atoms with Crippen LogP contribution in [0.2, 0.25) is 0 Å². The topological polar surface area (TPSA) is 59.4 Å². The Hall–Kier alpha value is -1.93. The molecule has 0 aliphatic heterocycles. The first-order valence-corrected chi connectivity index (χ1v) is 4.81. The molecule has 0 spiro atoms. The predicted molar refractivity (Wildman–Crippen MR) is 52.1 cm³/mol. The van der Waals surface area contributed by atoms with Gasteiger partial charge < -0.3 is 9.84 Å². The number of nitrogens with zero attached hydrogens (tertiary/aromatic N) is 1. The standard InChI is InChI=1S/C10H8F5NO3/c1-19-7-4(2-6(17)18)5(9(11)12)3-16-8(7)10(13,14)15/h3,9H,2H2,1H3,(H,17,18). The molecule has 106 valence electrons. The average Bonchev–Trinajstić information content (AvgIpc) is 2.25. The van der Waals surface area contributed by atoms with Gasteiger partial charge in [-0.15, -0.1) is 0 Å². The third kappa shape index (κ3) is 3.30. The van der Waals surface area contributed by atoms with Crippen molar-refractivity contribution in [3.05, 3.63) is 23.0 Å². The molecule has 1 N–H and O–H groups in total. The van der Waals surface area contributed by atoms with Crippen molar-refractivity contribution in [1.29, 1.82) is 0 Å². The van der Waals surface area contributed by atoms with Crippen LogP contribution in [-0.2, 0) is 17.4 Å². The maximum absolute atomic E-state index is 12.7. The van der Waals surface area contributed by atoms with Crippen molar-refractivity contribution in [2.75, 3.05) is 7.11 Å². The maximum atomic E-state index is 12.7. The minimum absolute atomic E-state index is 0.314. The van der Waals surface area contributed by atoms with Crippen molar-refractivity contribution in [3.8, 4) is 5.75 Å². The number of aromatic nitrogens is 1. The second-order valence-corrected chi connectivity index (χ2v) is 3.44. The lowest BCUT2D eigenvalue weighted by atomic mass is 10.0. The van der Waals surface area contributed by atoms with Crippen molar-refractivity contribution >= 4 is 5.97 Å². The highest BCUT2D eigenvalue weighted by Gasteiger charge is 2.39. The van der Waals surface area contributed by atoms with E-state index in [-0.39, 0.29) is 0 Å². The lowest BCUT2D eigenvalue weighted by Crippen LogP contribution is -2.15. The van der Waals surface area contributed by atoms with Crippen LogP contribution >= 0.6 is 0 Å². The van der Waals surface area contributed by atoms with Crippen molar-refractivity contribution in [2.45, 2.75) is 19.0 Å². The van der Waals surface area contributed by atoms with Crippen LogP contribution in [0.4, 0.5) is 22.0 Å². The number of hydrogen-bond donors (Lipinski definition) is 1. The Morgan fingerprint density at radius 2 is 2.05 bits per heavy atom. The van der Waals surface area contributed by atoms with Gasteiger partial charge in [0.1, 0.15) is 0 Å². The number of carboxylic acid groups (broad SMARTS) is 1. The zero-order valence-corrected chi connectivity index (χ0v) is 9.46. The molecule has 0 unspecified atom stereocenters. The van der Waals surface area contributed by atoms with E-state index in [1.165, 1.54) is 0 Å². The van der Waals surface area contributed by atoms with Gasteiger partial charge in [0.25, 0.3) is 6.43 Å². The Kier molecular flexibility index (Phi) is 4.28. The molecule has 0 bridgehead atoms. The van der Waals surface area contributed by atoms with Crippen LogP contribution in [-0.4, -0.2) is 23.2 Å². The largest absolute Gasteiger partial charge is 0.494 e. The van der Waals surface area contributed by atoms with E-state index in [1.54, 1.807) is 0 Å². The quantitative estimate of drug-likeness (QED) is 0.864. The molecule has 0 atom stereocenters. The van der Waals surface area contributed by atoms with Crippen molar-refractivity contribution in [3.63, 3.8) is 0 Å². The predicted octanol–water partition coefficient (Wildman–Crippen LogP) is 2.67. The van der Waals surface area contributed by atoms with Crippen LogP contribution in [0.1, 0.15) is 23.2 Å². The summed E-state index contributed by atoms with van der Waals surface area (Å²) in [5, 5.41) is 8.58. The Bertz CT molecular complexity index is 487. The van der Waals surface area contributed by atoms with Gasteiger partial charge in [0.15, 0.2) is 11.4 Å². The van der Waals surface area contributed by atoms with Crippen LogP contribution < -0.4 is 4.74 Å². The maximum Gasteiger partial charge on any atom is 0.437 e. The van der Waals surface area contributed by atoms with E-state index in [9.17, 15) is 26.7 Å². The van der Waals surface area contributed by atoms with Gasteiger partial charge in [-0.3, -0.25) is 4.79 Å². The Balaban J connectivity index is 3.54. The zero-order valence-electron chi connectivity index (χ0n) is 9.46. The van der Waals surface area contributed by atoms with Crippen LogP contribution in [0.3, 0.4) is 0 Å². The third-order valence-electron chi connectivity index (χ3n) is 2.21. The molecule has 1 aromatic rings. The monoisotopic (exact) mass is 285 g/mol. The molecule has 0 aliphatic carbocycles. The Labute approximate surface area is 103 Å². The molecular weight excluding hydrogens is 277 g/mol. The van der Waals surface area contributed by atoms with E-state index in [2.05, 4.69) is 9.72 Å². The van der Waals surface area contributed by atoms with Crippen LogP contribution in [0.25, 0.3) is 0 Å². The molecule has 0 aliphatic rings. The molecule has 0 saturated heterocycles. The smallest absolute Gasteiger partial charge is 0.437 e. The molecule has 1 rings (SSSR count). The van der Waals surface area contributed by atoms with E-state index < -0.39 is 47.6 Å². The van der Waals surface area contributed by atoms with Gasteiger partial charge in [-0.2, -0.15) is 13.2 Å². The molecular formula is C10H8F5NO3. The summed E-state index contributed by atoms with van der Waals surface area (Å²) in [5.41, 5.74) is -3.16. The van der Waals surface area contributed by atoms with E-state index in [1.807, 2.05) is 0 Å². The molecule has 0 fully saturated rings. The first-order valence-electron chi connectivity index (χ1n) is 4.81. The number of carbonyl (C=O) groups is 1. The summed E-state index contributed by atoms with van der Waals surface area (Å²) in [5.74, 6) is -2.55. The number of ether oxygens (including phenoxy) is 1. The van der Waals surface area contributed by atoms with Gasteiger partial charge in [0.2, 0.25) is 0 Å². The van der Waals surface area contributed by atoms with Crippen LogP contribution in [0.15, 0.2) is 6.20 Å². The van der Waals surface area contributed by atoms with Gasteiger partial charge in [0.05, 0.1) is 13.5 Å². The first kappa shape index (κ1) is 15.1. The summed E-state index contributed by atoms with van der Waals surface area (Å²) < 4.78 is 67.5. The van der Waals surface area contributed by atoms with Gasteiger partial charge in [-0.25, -0.2) is 13.8 Å². The summed E-state index contributed by atoms with van der Waals surface area (Å²) in [6.45, 7) is 0. The van der Waals surface area contributed by atoms with Gasteiger partial charge in [0, 0.05) is 17.3 Å². The van der Waals surface area contributed by atoms with Crippen molar-refractivity contribution in [1.82, 2.24) is 4.98 Å². The van der Waals surface area contributed by atoms with E-state index in [0.717, 1.165) is 7.11 Å². The van der Waals surface area contributed by atoms with Crippen molar-refractivity contribution in [2.24, 2.45) is 0 Å². The highest BCUT2D eigenvalue weighted by atomic mass is 19.4. The average molecular weight is 285 g/mol. The summed E-state index contributed by atoms with van der Waals surface area (Å²) in [4.78, 5) is 13.5. The lowest BCUT2D eigenvalue weighted by Gasteiger charge is -2.16. The fourth-order valence-electron chi connectivity index (χ4n) is 1.49. The minimum atomic E-state index is -4.93. The highest BCUT2D eigenvalue weighted by Crippen LogP contribution is 2.39. The summed E-state index contributed by atoms with van der Waals surface area (Å²) in [6.07, 6.45) is -8.79. The number of carboxylic acids is 1. The number of alkyl halides is 5. The van der Waals surface area contributed by atoms with Gasteiger partial charge in [-0.05, 0) is 0 Å². The Morgan fingerprint density at radius 1 is 1.47 bits per heavy atom. The first-order chi connectivity index (χ1) is 8.68. The molecule has 0 radical (unpaired) electrons. The second kappa shape index (κ2) is 5.37. The number of pyridine rings is 1. The number of hydrogen-bond acceptors (Lipinski definition) is 3. The summed E-state index contributed by atoms with van der Waals surface area (Å²) in [7, 11) is 0.826. The van der Waals surface area contributed by atoms with E-state index in [0.29, 0.717) is 6.20 Å². The van der Waals surface area contributed by atoms with Crippen molar-refractivity contribution < 1.29 is 36.6 Å². The number of aliphatic carboxylic acids is 1. The minimum Gasteiger partial charge on any atom is -0.494 e. The van der Waals surface area contributed by atoms with E-state index in [4.69, 9.17) is 5.11 Å². The SMILES string of the molecule is COc1c(C(F)(F)F)ncc(C(F)F)c1CC(=O)O. The van der Waals surface area contributed by atoms with Gasteiger partial charge >= 0.3 is 12.1 Å². The molecule has 0 amide bonds. The third-order valence-corrected chi connectivity index (χ3v) is 2.21.